The van der Waals surface area contributed by atoms with Crippen LogP contribution >= 0.6 is 11.3 Å². The maximum atomic E-state index is 7.66. The molecule has 0 N–H and O–H groups in total. The largest absolute Gasteiger partial charge is 0.486 e. The van der Waals surface area contributed by atoms with Crippen LogP contribution in [0, 0.1) is 19.0 Å². The molecule has 8 rings (SSSR count). The molecule has 0 saturated heterocycles. The average Bonchev–Trinajstić information content (AvgIpc) is 3.64. The third-order valence-corrected chi connectivity index (χ3v) is 9.89. The summed E-state index contributed by atoms with van der Waals surface area (Å²) in [5.74, 6) is 0. The predicted octanol–water partition coefficient (Wildman–Crippen LogP) is 10.3. The molecule has 0 atom stereocenters. The third kappa shape index (κ3) is 5.40. The molecule has 0 spiro atoms. The van der Waals surface area contributed by atoms with Gasteiger partial charge in [0.05, 0.1) is 5.58 Å². The summed E-state index contributed by atoms with van der Waals surface area (Å²) < 4.78 is 29.1. The van der Waals surface area contributed by atoms with Crippen molar-refractivity contribution < 1.29 is 28.6 Å². The molecule has 0 fully saturated rings. The number of hydrogen-bond donors (Lipinski definition) is 0. The first kappa shape index (κ1) is 26.7. The molecule has 5 heterocycles. The number of aromatic nitrogens is 3. The molecule has 223 valence electrons. The SMILES string of the molecule is [2H]C([2H])([2H])c1ccc2c(n1)oc1c(-c3ccc4c5c(sc4n3)C(C)(C)CCC5(C)C)[c-]ccc12.[Ir].[c-]1ccccc1-c1ccccn1. The van der Waals surface area contributed by atoms with E-state index >= 15 is 0 Å². The zero-order valence-electron chi connectivity index (χ0n) is 28.0. The van der Waals surface area contributed by atoms with Crippen LogP contribution in [-0.4, -0.2) is 15.0 Å². The van der Waals surface area contributed by atoms with Crippen molar-refractivity contribution in [1.29, 1.82) is 0 Å². The van der Waals surface area contributed by atoms with Crippen molar-refractivity contribution in [2.45, 2.75) is 58.2 Å². The van der Waals surface area contributed by atoms with Crippen molar-refractivity contribution in [3.05, 3.63) is 113 Å². The van der Waals surface area contributed by atoms with Gasteiger partial charge in [-0.2, -0.15) is 0 Å². The number of pyridine rings is 3. The van der Waals surface area contributed by atoms with Crippen molar-refractivity contribution in [1.82, 2.24) is 15.0 Å². The van der Waals surface area contributed by atoms with Gasteiger partial charge in [-0.15, -0.1) is 65.4 Å². The van der Waals surface area contributed by atoms with E-state index in [1.165, 1.54) is 22.2 Å². The van der Waals surface area contributed by atoms with Crippen molar-refractivity contribution in [2.24, 2.45) is 0 Å². The molecule has 0 bridgehead atoms. The first-order valence-corrected chi connectivity index (χ1v) is 15.3. The number of nitrogens with zero attached hydrogens (tertiary/aromatic N) is 3. The number of fused-ring (bicyclic) bond motifs is 6. The van der Waals surface area contributed by atoms with Crippen LogP contribution in [0.25, 0.3) is 54.8 Å². The minimum Gasteiger partial charge on any atom is -0.486 e. The van der Waals surface area contributed by atoms with E-state index in [1.807, 2.05) is 60.7 Å². The van der Waals surface area contributed by atoms with Gasteiger partial charge >= 0.3 is 0 Å². The molecule has 7 aromatic rings. The van der Waals surface area contributed by atoms with Gasteiger partial charge in [0.15, 0.2) is 0 Å². The third-order valence-electron chi connectivity index (χ3n) is 8.43. The summed E-state index contributed by atoms with van der Waals surface area (Å²) in [6, 6.07) is 31.5. The first-order valence-electron chi connectivity index (χ1n) is 16.0. The average molecular weight is 775 g/mol. The zero-order chi connectivity index (χ0) is 32.3. The topological polar surface area (TPSA) is 51.8 Å². The van der Waals surface area contributed by atoms with Gasteiger partial charge in [-0.1, -0.05) is 62.9 Å². The summed E-state index contributed by atoms with van der Waals surface area (Å²) in [6.45, 7) is 7.06. The molecule has 2 aromatic carbocycles. The normalized spacial score (nSPS) is 16.2. The summed E-state index contributed by atoms with van der Waals surface area (Å²) in [4.78, 5) is 16.1. The molecule has 4 nitrogen and oxygen atoms in total. The summed E-state index contributed by atoms with van der Waals surface area (Å²) in [7, 11) is 0. The molecule has 0 aliphatic heterocycles. The summed E-state index contributed by atoms with van der Waals surface area (Å²) in [6.07, 6.45) is 4.12. The van der Waals surface area contributed by atoms with Crippen molar-refractivity contribution in [2.75, 3.05) is 0 Å². The van der Waals surface area contributed by atoms with Gasteiger partial charge in [-0.25, -0.2) is 4.98 Å². The molecule has 0 unspecified atom stereocenters. The Hall–Kier alpha value is -3.70. The van der Waals surface area contributed by atoms with Crippen LogP contribution < -0.4 is 0 Å². The standard InChI is InChI=1S/C27H25N2OS.C11H8N.Ir/c1-15-9-10-17-16-7-6-8-18(22(16)30-24(17)28-15)20-12-11-19-21-23(31-25(19)29-20)27(4,5)14-13-26(21,2)3;1-2-6-10(7-3-1)11-8-4-5-9-12-11;/h6-7,9-12H,13-14H2,1-5H3;1-6,8-9H;/q2*-1;/i1D3;;. The molecule has 0 amide bonds. The number of hydrogen-bond acceptors (Lipinski definition) is 5. The van der Waals surface area contributed by atoms with Crippen LogP contribution in [0.5, 0.6) is 0 Å². The van der Waals surface area contributed by atoms with E-state index in [-0.39, 0.29) is 36.6 Å². The maximum absolute atomic E-state index is 7.66. The first-order chi connectivity index (χ1) is 21.9. The second-order valence-corrected chi connectivity index (χ2v) is 13.4. The van der Waals surface area contributed by atoms with E-state index in [0.717, 1.165) is 44.5 Å². The summed E-state index contributed by atoms with van der Waals surface area (Å²) in [5, 5.41) is 2.90. The van der Waals surface area contributed by atoms with Gasteiger partial charge in [0, 0.05) is 51.8 Å². The molecular weight excluding hydrogens is 739 g/mol. The molecule has 44 heavy (non-hydrogen) atoms. The maximum Gasteiger partial charge on any atom is 0.216 e. The van der Waals surface area contributed by atoms with E-state index < -0.39 is 6.85 Å². The van der Waals surface area contributed by atoms with E-state index in [4.69, 9.17) is 13.5 Å². The van der Waals surface area contributed by atoms with Gasteiger partial charge in [0.25, 0.3) is 0 Å². The summed E-state index contributed by atoms with van der Waals surface area (Å²) >= 11 is 1.80. The monoisotopic (exact) mass is 775 g/mol. The van der Waals surface area contributed by atoms with Gasteiger partial charge in [-0.05, 0) is 65.7 Å². The Bertz CT molecular complexity index is 2170. The molecule has 1 aliphatic rings. The molecule has 6 heteroatoms. The second kappa shape index (κ2) is 11.7. The van der Waals surface area contributed by atoms with Crippen molar-refractivity contribution in [3.8, 4) is 22.5 Å². The van der Waals surface area contributed by atoms with Crippen LogP contribution in [0.3, 0.4) is 0 Å². The molecule has 5 aromatic heterocycles. The quantitative estimate of drug-likeness (QED) is 0.164. The number of thiophene rings is 1. The van der Waals surface area contributed by atoms with Gasteiger partial charge in [-0.3, -0.25) is 4.98 Å². The Morgan fingerprint density at radius 2 is 1.61 bits per heavy atom. The van der Waals surface area contributed by atoms with E-state index in [1.54, 1.807) is 29.7 Å². The van der Waals surface area contributed by atoms with Crippen LogP contribution in [0.15, 0.2) is 89.5 Å². The fourth-order valence-electron chi connectivity index (χ4n) is 6.02. The Kier molecular flexibility index (Phi) is 7.07. The molecular formula is C38H33IrN3OS-2. The van der Waals surface area contributed by atoms with Crippen LogP contribution in [0.4, 0.5) is 0 Å². The van der Waals surface area contributed by atoms with E-state index in [9.17, 15) is 0 Å². The van der Waals surface area contributed by atoms with Crippen LogP contribution in [0.2, 0.25) is 0 Å². The minimum absolute atomic E-state index is 0. The van der Waals surface area contributed by atoms with E-state index in [0.29, 0.717) is 11.3 Å². The second-order valence-electron chi connectivity index (χ2n) is 12.4. The molecule has 1 aliphatic carbocycles. The van der Waals surface area contributed by atoms with Crippen LogP contribution in [-0.2, 0) is 30.9 Å². The zero-order valence-corrected chi connectivity index (χ0v) is 28.2. The summed E-state index contributed by atoms with van der Waals surface area (Å²) in [5.41, 5.74) is 6.25. The fraction of sp³-hybridized carbons (Fsp3) is 0.237. The number of rotatable bonds is 2. The van der Waals surface area contributed by atoms with Crippen molar-refractivity contribution >= 4 is 43.6 Å². The van der Waals surface area contributed by atoms with Gasteiger partial charge in [0.2, 0.25) is 5.71 Å². The Labute approximate surface area is 280 Å². The molecule has 0 saturated carbocycles. The van der Waals surface area contributed by atoms with Gasteiger partial charge < -0.3 is 9.40 Å². The fourth-order valence-corrected chi connectivity index (χ4v) is 7.50. The van der Waals surface area contributed by atoms with E-state index in [2.05, 4.69) is 55.9 Å². The Balaban J connectivity index is 0.000000250. The minimum atomic E-state index is -2.28. The Morgan fingerprint density at radius 3 is 2.39 bits per heavy atom. The molecule has 1 radical (unpaired) electrons. The Morgan fingerprint density at radius 1 is 0.795 bits per heavy atom. The van der Waals surface area contributed by atoms with Crippen LogP contribution in [0.1, 0.15) is 60.8 Å². The number of furan rings is 1. The van der Waals surface area contributed by atoms with Crippen molar-refractivity contribution in [3.63, 3.8) is 0 Å². The van der Waals surface area contributed by atoms with Gasteiger partial charge in [0.1, 0.15) is 4.83 Å². The smallest absolute Gasteiger partial charge is 0.216 e. The predicted molar refractivity (Wildman–Crippen MR) is 177 cm³/mol. The number of aryl methyl sites for hydroxylation is 1. The number of benzene rings is 2.